The summed E-state index contributed by atoms with van der Waals surface area (Å²) in [5, 5.41) is 37.0. The van der Waals surface area contributed by atoms with Crippen LogP contribution in [-0.2, 0) is 0 Å². The van der Waals surface area contributed by atoms with E-state index in [0.717, 1.165) is 5.69 Å². The average Bonchev–Trinajstić information content (AvgIpc) is 2.95. The first kappa shape index (κ1) is 13.6. The number of rotatable bonds is 5. The first-order valence-corrected chi connectivity index (χ1v) is 5.85. The zero-order valence-electron chi connectivity index (χ0n) is 10.2. The van der Waals surface area contributed by atoms with Gasteiger partial charge in [-0.1, -0.05) is 18.2 Å². The molecule has 1 aromatic heterocycles. The summed E-state index contributed by atoms with van der Waals surface area (Å²) in [6.07, 6.45) is -2.61. The summed E-state index contributed by atoms with van der Waals surface area (Å²) in [4.78, 5) is 1.33. The van der Waals surface area contributed by atoms with Crippen molar-refractivity contribution in [1.29, 1.82) is 0 Å². The van der Waals surface area contributed by atoms with Crippen molar-refractivity contribution in [3.8, 4) is 5.69 Å². The van der Waals surface area contributed by atoms with Crippen molar-refractivity contribution >= 4 is 0 Å². The second-order valence-electron chi connectivity index (χ2n) is 4.13. The summed E-state index contributed by atoms with van der Waals surface area (Å²) in [7, 11) is 0. The van der Waals surface area contributed by atoms with Gasteiger partial charge in [0.1, 0.15) is 17.9 Å². The topological polar surface area (TPSA) is 117 Å². The quantitative estimate of drug-likeness (QED) is 0.549. The van der Waals surface area contributed by atoms with Gasteiger partial charge in [0.2, 0.25) is 0 Å². The number of hydrogen-bond acceptors (Lipinski definition) is 6. The molecule has 19 heavy (non-hydrogen) atoms. The Labute approximate surface area is 109 Å². The fourth-order valence-corrected chi connectivity index (χ4v) is 1.62. The van der Waals surface area contributed by atoms with Crippen LogP contribution in [0.2, 0.25) is 0 Å². The standard InChI is InChI=1S/C12H16N4O3/c13-6-10(17)12(19)11(18)9-7-14-16(15-9)8-4-2-1-3-5-8/h1-5,7,10-12,17-19H,6,13H2. The first-order chi connectivity index (χ1) is 9.13. The van der Waals surface area contributed by atoms with Crippen molar-refractivity contribution in [3.63, 3.8) is 0 Å². The Morgan fingerprint density at radius 3 is 2.47 bits per heavy atom. The summed E-state index contributed by atoms with van der Waals surface area (Å²) in [6.45, 7) is -0.148. The van der Waals surface area contributed by atoms with Crippen molar-refractivity contribution in [1.82, 2.24) is 15.0 Å². The fraction of sp³-hybridized carbons (Fsp3) is 0.333. The number of aromatic nitrogens is 3. The lowest BCUT2D eigenvalue weighted by Crippen LogP contribution is -2.37. The van der Waals surface area contributed by atoms with E-state index >= 15 is 0 Å². The zero-order valence-corrected chi connectivity index (χ0v) is 10.2. The molecular weight excluding hydrogens is 248 g/mol. The van der Waals surface area contributed by atoms with Gasteiger partial charge < -0.3 is 21.1 Å². The molecule has 102 valence electrons. The van der Waals surface area contributed by atoms with Crippen LogP contribution in [-0.4, -0.2) is 49.1 Å². The summed E-state index contributed by atoms with van der Waals surface area (Å²) in [5.41, 5.74) is 6.12. The predicted molar refractivity (Wildman–Crippen MR) is 67.4 cm³/mol. The van der Waals surface area contributed by atoms with Gasteiger partial charge in [0.25, 0.3) is 0 Å². The van der Waals surface area contributed by atoms with E-state index in [2.05, 4.69) is 10.2 Å². The molecule has 7 heteroatoms. The predicted octanol–water partition coefficient (Wildman–Crippen LogP) is -1.02. The molecule has 0 saturated carbocycles. The molecule has 7 nitrogen and oxygen atoms in total. The van der Waals surface area contributed by atoms with E-state index < -0.39 is 18.3 Å². The highest BCUT2D eigenvalue weighted by atomic mass is 16.4. The molecule has 1 heterocycles. The number of aliphatic hydroxyl groups excluding tert-OH is 3. The first-order valence-electron chi connectivity index (χ1n) is 5.85. The average molecular weight is 264 g/mol. The highest BCUT2D eigenvalue weighted by Crippen LogP contribution is 2.17. The highest BCUT2D eigenvalue weighted by Gasteiger charge is 2.27. The number of benzene rings is 1. The molecule has 0 saturated heterocycles. The van der Waals surface area contributed by atoms with E-state index in [4.69, 9.17) is 5.73 Å². The Morgan fingerprint density at radius 1 is 1.16 bits per heavy atom. The molecule has 3 unspecified atom stereocenters. The molecule has 2 rings (SSSR count). The van der Waals surface area contributed by atoms with Gasteiger partial charge in [-0.3, -0.25) is 0 Å². The van der Waals surface area contributed by atoms with Gasteiger partial charge in [-0.2, -0.15) is 15.0 Å². The molecule has 0 bridgehead atoms. The van der Waals surface area contributed by atoms with E-state index in [0.29, 0.717) is 0 Å². The monoisotopic (exact) mass is 264 g/mol. The fourth-order valence-electron chi connectivity index (χ4n) is 1.62. The second-order valence-corrected chi connectivity index (χ2v) is 4.13. The van der Waals surface area contributed by atoms with E-state index in [9.17, 15) is 15.3 Å². The molecule has 0 amide bonds. The summed E-state index contributed by atoms with van der Waals surface area (Å²) >= 11 is 0. The molecule has 0 aliphatic carbocycles. The minimum atomic E-state index is -1.40. The lowest BCUT2D eigenvalue weighted by molar-refractivity contribution is -0.0582. The summed E-state index contributed by atoms with van der Waals surface area (Å²) < 4.78 is 0. The van der Waals surface area contributed by atoms with Gasteiger partial charge in [-0.15, -0.1) is 0 Å². The van der Waals surface area contributed by atoms with E-state index in [1.807, 2.05) is 18.2 Å². The number of hydrogen-bond donors (Lipinski definition) is 4. The summed E-state index contributed by atoms with van der Waals surface area (Å²) in [6, 6.07) is 9.15. The molecular formula is C12H16N4O3. The maximum Gasteiger partial charge on any atom is 0.128 e. The largest absolute Gasteiger partial charge is 0.389 e. The molecule has 0 radical (unpaired) electrons. The molecule has 0 aliphatic heterocycles. The Morgan fingerprint density at radius 2 is 1.84 bits per heavy atom. The molecule has 0 spiro atoms. The van der Waals surface area contributed by atoms with Gasteiger partial charge in [0, 0.05) is 6.54 Å². The Bertz CT molecular complexity index is 517. The maximum atomic E-state index is 9.87. The van der Waals surface area contributed by atoms with Crippen LogP contribution in [0.3, 0.4) is 0 Å². The van der Waals surface area contributed by atoms with Crippen LogP contribution >= 0.6 is 0 Å². The van der Waals surface area contributed by atoms with Crippen molar-refractivity contribution in [2.75, 3.05) is 6.54 Å². The molecule has 5 N–H and O–H groups in total. The third-order valence-electron chi connectivity index (χ3n) is 2.76. The summed E-state index contributed by atoms with van der Waals surface area (Å²) in [5.74, 6) is 0. The normalized spacial score (nSPS) is 16.0. The van der Waals surface area contributed by atoms with Crippen LogP contribution in [0.4, 0.5) is 0 Å². The molecule has 1 aromatic carbocycles. The molecule has 2 aromatic rings. The number of nitrogens with two attached hydrogens (primary N) is 1. The van der Waals surface area contributed by atoms with Gasteiger partial charge in [-0.25, -0.2) is 0 Å². The Hall–Kier alpha value is -1.80. The van der Waals surface area contributed by atoms with Gasteiger partial charge in [-0.05, 0) is 12.1 Å². The van der Waals surface area contributed by atoms with Crippen LogP contribution < -0.4 is 5.73 Å². The molecule has 0 aliphatic rings. The highest BCUT2D eigenvalue weighted by molar-refractivity contribution is 5.28. The van der Waals surface area contributed by atoms with Crippen molar-refractivity contribution in [3.05, 3.63) is 42.2 Å². The van der Waals surface area contributed by atoms with Crippen LogP contribution in [0.5, 0.6) is 0 Å². The van der Waals surface area contributed by atoms with Gasteiger partial charge in [0.05, 0.1) is 18.0 Å². The smallest absolute Gasteiger partial charge is 0.128 e. The Balaban J connectivity index is 2.17. The van der Waals surface area contributed by atoms with Crippen molar-refractivity contribution in [2.24, 2.45) is 5.73 Å². The molecule has 3 atom stereocenters. The maximum absolute atomic E-state index is 9.87. The third-order valence-corrected chi connectivity index (χ3v) is 2.76. The van der Waals surface area contributed by atoms with Crippen molar-refractivity contribution < 1.29 is 15.3 Å². The van der Waals surface area contributed by atoms with Crippen molar-refractivity contribution in [2.45, 2.75) is 18.3 Å². The number of nitrogens with zero attached hydrogens (tertiary/aromatic N) is 3. The van der Waals surface area contributed by atoms with Gasteiger partial charge in [0.15, 0.2) is 0 Å². The Kier molecular flexibility index (Phi) is 4.23. The minimum absolute atomic E-state index is 0.148. The van der Waals surface area contributed by atoms with E-state index in [1.165, 1.54) is 11.0 Å². The number of aliphatic hydroxyl groups is 3. The van der Waals surface area contributed by atoms with Crippen LogP contribution in [0.25, 0.3) is 5.69 Å². The van der Waals surface area contributed by atoms with Crippen LogP contribution in [0.1, 0.15) is 11.8 Å². The lowest BCUT2D eigenvalue weighted by atomic mass is 10.1. The number of para-hydroxylation sites is 1. The van der Waals surface area contributed by atoms with E-state index in [-0.39, 0.29) is 12.2 Å². The van der Waals surface area contributed by atoms with Crippen LogP contribution in [0, 0.1) is 0 Å². The minimum Gasteiger partial charge on any atom is -0.389 e. The molecule has 0 fully saturated rings. The van der Waals surface area contributed by atoms with Crippen LogP contribution in [0.15, 0.2) is 36.5 Å². The third kappa shape index (κ3) is 2.96. The lowest BCUT2D eigenvalue weighted by Gasteiger charge is -2.19. The van der Waals surface area contributed by atoms with Gasteiger partial charge >= 0.3 is 0 Å². The van der Waals surface area contributed by atoms with E-state index in [1.54, 1.807) is 12.1 Å². The second kappa shape index (κ2) is 5.89. The zero-order chi connectivity index (χ0) is 13.8. The SMILES string of the molecule is NCC(O)C(O)C(O)c1cnn(-c2ccccc2)n1.